The van der Waals surface area contributed by atoms with Gasteiger partial charge in [0, 0.05) is 25.8 Å². The third-order valence-electron chi connectivity index (χ3n) is 6.38. The van der Waals surface area contributed by atoms with Crippen LogP contribution in [0.4, 0.5) is 0 Å². The van der Waals surface area contributed by atoms with Crippen LogP contribution in [0.5, 0.6) is 17.2 Å². The number of β-amino-alcohol motifs (C(OH)–C–C–N with tert-alkyl or cyclic N) is 1. The first-order valence-electron chi connectivity index (χ1n) is 12.1. The number of aryl methyl sites for hydroxylation is 2. The molecule has 1 saturated heterocycles. The molecule has 0 amide bonds. The first-order chi connectivity index (χ1) is 17.3. The van der Waals surface area contributed by atoms with E-state index in [1.807, 2.05) is 61.3 Å². The third-order valence-corrected chi connectivity index (χ3v) is 6.69. The fraction of sp³-hybridized carbons (Fsp3) is 0.444. The van der Waals surface area contributed by atoms with Crippen molar-refractivity contribution in [3.05, 3.63) is 70.5 Å². The zero-order valence-corrected chi connectivity index (χ0v) is 21.7. The maximum absolute atomic E-state index is 11.3. The number of ether oxygens (including phenoxy) is 3. The van der Waals surface area contributed by atoms with Gasteiger partial charge in [0.05, 0.1) is 31.0 Å². The Bertz CT molecular complexity index is 1170. The van der Waals surface area contributed by atoms with E-state index in [1.165, 1.54) is 0 Å². The van der Waals surface area contributed by atoms with Gasteiger partial charge in [0.25, 0.3) is 0 Å². The molecule has 1 aliphatic rings. The summed E-state index contributed by atoms with van der Waals surface area (Å²) >= 11 is 6.24. The summed E-state index contributed by atoms with van der Waals surface area (Å²) in [6.45, 7) is 6.46. The molecule has 0 saturated carbocycles. The van der Waals surface area contributed by atoms with E-state index in [1.54, 1.807) is 13.2 Å². The van der Waals surface area contributed by atoms with E-state index in [0.29, 0.717) is 54.9 Å². The fourth-order valence-electron chi connectivity index (χ4n) is 4.37. The SMILES string of the molecule is COc1ccc(CN2CC[C@H](O)[C@@](O)(COc3cc(C)ccc3Cl)C2)cc1OCCn1cc(C)cn1. The molecule has 1 fully saturated rings. The second kappa shape index (κ2) is 11.5. The molecule has 1 aromatic heterocycles. The summed E-state index contributed by atoms with van der Waals surface area (Å²) < 4.78 is 19.2. The number of methoxy groups -OCH3 is 1. The Kier molecular flexibility index (Phi) is 8.41. The summed E-state index contributed by atoms with van der Waals surface area (Å²) in [7, 11) is 1.62. The summed E-state index contributed by atoms with van der Waals surface area (Å²) in [4.78, 5) is 2.10. The lowest BCUT2D eigenvalue weighted by molar-refractivity contribution is -0.140. The van der Waals surface area contributed by atoms with Gasteiger partial charge in [-0.05, 0) is 61.2 Å². The van der Waals surface area contributed by atoms with Crippen molar-refractivity contribution >= 4 is 11.6 Å². The molecule has 36 heavy (non-hydrogen) atoms. The van der Waals surface area contributed by atoms with Gasteiger partial charge in [-0.1, -0.05) is 23.7 Å². The second-order valence-corrected chi connectivity index (χ2v) is 9.86. The topological polar surface area (TPSA) is 89.2 Å². The largest absolute Gasteiger partial charge is 0.493 e. The molecule has 0 spiro atoms. The Hall–Kier alpha value is -2.78. The van der Waals surface area contributed by atoms with Crippen LogP contribution in [0.3, 0.4) is 0 Å². The van der Waals surface area contributed by atoms with E-state index in [2.05, 4.69) is 10.00 Å². The van der Waals surface area contributed by atoms with E-state index in [0.717, 1.165) is 16.7 Å². The second-order valence-electron chi connectivity index (χ2n) is 9.46. The van der Waals surface area contributed by atoms with Crippen LogP contribution >= 0.6 is 11.6 Å². The molecule has 0 unspecified atom stereocenters. The predicted molar refractivity (Wildman–Crippen MR) is 138 cm³/mol. The Labute approximate surface area is 217 Å². The Morgan fingerprint density at radius 1 is 1.08 bits per heavy atom. The summed E-state index contributed by atoms with van der Waals surface area (Å²) in [5, 5.41) is 26.6. The van der Waals surface area contributed by atoms with Gasteiger partial charge >= 0.3 is 0 Å². The van der Waals surface area contributed by atoms with Crippen molar-refractivity contribution in [2.75, 3.05) is 33.4 Å². The zero-order valence-electron chi connectivity index (χ0n) is 21.0. The first kappa shape index (κ1) is 26.3. The summed E-state index contributed by atoms with van der Waals surface area (Å²) in [6.07, 6.45) is 3.33. The van der Waals surface area contributed by atoms with Crippen LogP contribution in [0.15, 0.2) is 48.8 Å². The molecule has 4 rings (SSSR count). The fourth-order valence-corrected chi connectivity index (χ4v) is 4.55. The molecule has 9 heteroatoms. The minimum Gasteiger partial charge on any atom is -0.493 e. The van der Waals surface area contributed by atoms with Crippen LogP contribution < -0.4 is 14.2 Å². The lowest BCUT2D eigenvalue weighted by atomic mass is 9.90. The summed E-state index contributed by atoms with van der Waals surface area (Å²) in [5.41, 5.74) is 1.71. The number of aromatic nitrogens is 2. The molecule has 0 bridgehead atoms. The zero-order chi connectivity index (χ0) is 25.7. The average Bonchev–Trinajstić information content (AvgIpc) is 3.27. The van der Waals surface area contributed by atoms with E-state index < -0.39 is 11.7 Å². The number of likely N-dealkylation sites (tertiary alicyclic amines) is 1. The van der Waals surface area contributed by atoms with Gasteiger partial charge in [-0.2, -0.15) is 5.10 Å². The normalized spacial score (nSPS) is 20.3. The number of benzene rings is 2. The van der Waals surface area contributed by atoms with Crippen LogP contribution in [0.1, 0.15) is 23.1 Å². The molecule has 1 aliphatic heterocycles. The lowest BCUT2D eigenvalue weighted by Gasteiger charge is -2.42. The number of halogens is 1. The van der Waals surface area contributed by atoms with E-state index in [-0.39, 0.29) is 13.2 Å². The van der Waals surface area contributed by atoms with Gasteiger partial charge < -0.3 is 24.4 Å². The number of nitrogens with zero attached hydrogens (tertiary/aromatic N) is 3. The number of aliphatic hydroxyl groups is 2. The van der Waals surface area contributed by atoms with Crippen LogP contribution in [0.2, 0.25) is 5.02 Å². The minimum absolute atomic E-state index is 0.0578. The highest BCUT2D eigenvalue weighted by Crippen LogP contribution is 2.31. The van der Waals surface area contributed by atoms with Gasteiger partial charge in [-0.25, -0.2) is 0 Å². The van der Waals surface area contributed by atoms with Crippen molar-refractivity contribution in [1.29, 1.82) is 0 Å². The molecule has 0 aliphatic carbocycles. The molecular weight excluding hydrogens is 482 g/mol. The van der Waals surface area contributed by atoms with Crippen molar-refractivity contribution in [2.24, 2.45) is 0 Å². The first-order valence-corrected chi connectivity index (χ1v) is 12.4. The molecule has 8 nitrogen and oxygen atoms in total. The van der Waals surface area contributed by atoms with Crippen LogP contribution in [-0.2, 0) is 13.1 Å². The molecule has 0 radical (unpaired) electrons. The molecule has 3 aromatic rings. The van der Waals surface area contributed by atoms with Gasteiger partial charge in [0.15, 0.2) is 11.5 Å². The third kappa shape index (κ3) is 6.50. The number of hydrogen-bond donors (Lipinski definition) is 2. The van der Waals surface area contributed by atoms with E-state index >= 15 is 0 Å². The van der Waals surface area contributed by atoms with Gasteiger partial charge in [0.1, 0.15) is 24.6 Å². The Morgan fingerprint density at radius 2 is 1.92 bits per heavy atom. The number of piperidine rings is 1. The molecular formula is C27H34ClN3O5. The highest BCUT2D eigenvalue weighted by Gasteiger charge is 2.42. The van der Waals surface area contributed by atoms with E-state index in [9.17, 15) is 10.2 Å². The quantitative estimate of drug-likeness (QED) is 0.426. The van der Waals surface area contributed by atoms with Crippen LogP contribution in [-0.4, -0.2) is 70.0 Å². The molecule has 2 heterocycles. The standard InChI is InChI=1S/C27H34ClN3O5/c1-19-4-6-22(28)24(12-19)36-18-27(33)17-30(9-8-26(27)32)16-21-5-7-23(34-3)25(13-21)35-11-10-31-15-20(2)14-29-31/h4-7,12-15,26,32-33H,8-11,16-18H2,1-3H3/t26-,27-/m0/s1. The van der Waals surface area contributed by atoms with Crippen molar-refractivity contribution < 1.29 is 24.4 Å². The van der Waals surface area contributed by atoms with Crippen molar-refractivity contribution in [3.63, 3.8) is 0 Å². The lowest BCUT2D eigenvalue weighted by Crippen LogP contribution is -2.59. The number of hydrogen-bond acceptors (Lipinski definition) is 7. The number of aliphatic hydroxyl groups excluding tert-OH is 1. The van der Waals surface area contributed by atoms with Crippen LogP contribution in [0.25, 0.3) is 0 Å². The monoisotopic (exact) mass is 515 g/mol. The Morgan fingerprint density at radius 3 is 2.67 bits per heavy atom. The molecule has 194 valence electrons. The smallest absolute Gasteiger partial charge is 0.161 e. The van der Waals surface area contributed by atoms with Crippen molar-refractivity contribution in [1.82, 2.24) is 14.7 Å². The molecule has 2 atom stereocenters. The van der Waals surface area contributed by atoms with E-state index in [4.69, 9.17) is 25.8 Å². The average molecular weight is 516 g/mol. The van der Waals surface area contributed by atoms with Crippen molar-refractivity contribution in [3.8, 4) is 17.2 Å². The molecule has 2 aromatic carbocycles. The predicted octanol–water partition coefficient (Wildman–Crippen LogP) is 3.62. The minimum atomic E-state index is -1.42. The number of rotatable bonds is 10. The van der Waals surface area contributed by atoms with Gasteiger partial charge in [0.2, 0.25) is 0 Å². The highest BCUT2D eigenvalue weighted by molar-refractivity contribution is 6.32. The maximum Gasteiger partial charge on any atom is 0.161 e. The van der Waals surface area contributed by atoms with Gasteiger partial charge in [-0.15, -0.1) is 0 Å². The Balaban J connectivity index is 1.39. The molecule has 2 N–H and O–H groups in total. The summed E-state index contributed by atoms with van der Waals surface area (Å²) in [5.74, 6) is 1.81. The van der Waals surface area contributed by atoms with Crippen molar-refractivity contribution in [2.45, 2.75) is 45.1 Å². The van der Waals surface area contributed by atoms with Crippen LogP contribution in [0, 0.1) is 13.8 Å². The summed E-state index contributed by atoms with van der Waals surface area (Å²) in [6, 6.07) is 11.3. The van der Waals surface area contributed by atoms with Gasteiger partial charge in [-0.3, -0.25) is 9.58 Å². The highest BCUT2D eigenvalue weighted by atomic mass is 35.5. The maximum atomic E-state index is 11.3.